The second-order valence-electron chi connectivity index (χ2n) is 8.67. The van der Waals surface area contributed by atoms with Crippen molar-refractivity contribution in [2.45, 2.75) is 12.7 Å². The number of pyridine rings is 3. The summed E-state index contributed by atoms with van der Waals surface area (Å²) in [6.45, 7) is 0.00886. The number of aromatic hydroxyl groups is 1. The standard InChI is InChI=1S/C29H20F3N3O4/c1-39-28(38)24-26(36)22-14-21(18-9-5-11-20(13-18)29(30,31)32)27(37)35(16-17-7-3-2-4-8-17)25(22)23(34-24)19-10-6-12-33-15-19/h2-15,36H,16H2,1H3. The Morgan fingerprint density at radius 1 is 1.00 bits per heavy atom. The van der Waals surface area contributed by atoms with E-state index in [-0.39, 0.29) is 34.3 Å². The van der Waals surface area contributed by atoms with E-state index in [4.69, 9.17) is 4.74 Å². The van der Waals surface area contributed by atoms with Gasteiger partial charge in [-0.2, -0.15) is 13.2 Å². The Hall–Kier alpha value is -4.99. The number of hydrogen-bond donors (Lipinski definition) is 1. The van der Waals surface area contributed by atoms with Crippen LogP contribution in [0.5, 0.6) is 5.75 Å². The molecule has 0 saturated carbocycles. The van der Waals surface area contributed by atoms with Crippen molar-refractivity contribution in [3.05, 3.63) is 112 Å². The summed E-state index contributed by atoms with van der Waals surface area (Å²) in [6.07, 6.45) is -1.61. The molecule has 3 heterocycles. The maximum absolute atomic E-state index is 14.0. The molecule has 0 bridgehead atoms. The summed E-state index contributed by atoms with van der Waals surface area (Å²) in [5.41, 5.74) is -0.545. The molecule has 5 aromatic rings. The number of carbonyl (C=O) groups is 1. The Balaban J connectivity index is 1.92. The van der Waals surface area contributed by atoms with Crippen LogP contribution in [0.4, 0.5) is 13.2 Å². The Morgan fingerprint density at radius 2 is 1.74 bits per heavy atom. The van der Waals surface area contributed by atoms with Gasteiger partial charge in [0.2, 0.25) is 0 Å². The number of aromatic nitrogens is 3. The summed E-state index contributed by atoms with van der Waals surface area (Å²) in [6, 6.07) is 17.9. The van der Waals surface area contributed by atoms with E-state index in [0.29, 0.717) is 5.56 Å². The number of rotatable bonds is 5. The lowest BCUT2D eigenvalue weighted by Crippen LogP contribution is -2.24. The summed E-state index contributed by atoms with van der Waals surface area (Å²) < 4.78 is 46.6. The van der Waals surface area contributed by atoms with Gasteiger partial charge in [0.25, 0.3) is 5.56 Å². The quantitative estimate of drug-likeness (QED) is 0.293. The molecule has 7 nitrogen and oxygen atoms in total. The Labute approximate surface area is 219 Å². The second-order valence-corrected chi connectivity index (χ2v) is 8.67. The van der Waals surface area contributed by atoms with Gasteiger partial charge in [-0.1, -0.05) is 42.5 Å². The predicted octanol–water partition coefficient (Wildman–Crippen LogP) is 5.68. The maximum Gasteiger partial charge on any atom is 0.416 e. The van der Waals surface area contributed by atoms with Crippen LogP contribution in [-0.2, 0) is 17.5 Å². The monoisotopic (exact) mass is 531 g/mol. The summed E-state index contributed by atoms with van der Waals surface area (Å²) in [5, 5.41) is 11.2. The molecular weight excluding hydrogens is 511 g/mol. The molecule has 0 spiro atoms. The third-order valence-corrected chi connectivity index (χ3v) is 6.21. The molecule has 0 saturated heterocycles. The highest BCUT2D eigenvalue weighted by Crippen LogP contribution is 2.37. The van der Waals surface area contributed by atoms with Gasteiger partial charge in [0.05, 0.1) is 30.4 Å². The summed E-state index contributed by atoms with van der Waals surface area (Å²) in [5.74, 6) is -1.50. The van der Waals surface area contributed by atoms with Crippen LogP contribution in [0.1, 0.15) is 21.6 Å². The Kier molecular flexibility index (Phi) is 6.61. The second kappa shape index (κ2) is 10.1. The first kappa shape index (κ1) is 25.7. The first-order valence-electron chi connectivity index (χ1n) is 11.7. The van der Waals surface area contributed by atoms with E-state index in [1.807, 2.05) is 0 Å². The highest BCUT2D eigenvalue weighted by Gasteiger charge is 2.31. The normalized spacial score (nSPS) is 11.5. The molecule has 0 aliphatic heterocycles. The van der Waals surface area contributed by atoms with E-state index in [1.165, 1.54) is 35.2 Å². The molecule has 0 atom stereocenters. The molecule has 39 heavy (non-hydrogen) atoms. The van der Waals surface area contributed by atoms with Crippen molar-refractivity contribution in [2.75, 3.05) is 7.11 Å². The fourth-order valence-corrected chi connectivity index (χ4v) is 4.38. The number of methoxy groups -OCH3 is 1. The smallest absolute Gasteiger partial charge is 0.416 e. The summed E-state index contributed by atoms with van der Waals surface area (Å²) in [7, 11) is 1.13. The largest absolute Gasteiger partial charge is 0.505 e. The molecule has 0 fully saturated rings. The molecule has 2 aromatic carbocycles. The first-order chi connectivity index (χ1) is 18.7. The van der Waals surface area contributed by atoms with Crippen LogP contribution in [0.3, 0.4) is 0 Å². The highest BCUT2D eigenvalue weighted by atomic mass is 19.4. The zero-order valence-electron chi connectivity index (χ0n) is 20.4. The molecule has 0 radical (unpaired) electrons. The number of esters is 1. The van der Waals surface area contributed by atoms with Gasteiger partial charge in [-0.15, -0.1) is 0 Å². The lowest BCUT2D eigenvalue weighted by atomic mass is 9.99. The number of carbonyl (C=O) groups excluding carboxylic acids is 1. The summed E-state index contributed by atoms with van der Waals surface area (Å²) >= 11 is 0. The van der Waals surface area contributed by atoms with Crippen LogP contribution in [0.15, 0.2) is 90.0 Å². The zero-order chi connectivity index (χ0) is 27.7. The zero-order valence-corrected chi connectivity index (χ0v) is 20.4. The number of nitrogens with zero attached hydrogens (tertiary/aromatic N) is 3. The van der Waals surface area contributed by atoms with Crippen molar-refractivity contribution < 1.29 is 27.8 Å². The minimum atomic E-state index is -4.63. The molecule has 0 amide bonds. The van der Waals surface area contributed by atoms with Crippen molar-refractivity contribution in [3.8, 4) is 28.1 Å². The van der Waals surface area contributed by atoms with Crippen molar-refractivity contribution in [1.82, 2.24) is 14.5 Å². The van der Waals surface area contributed by atoms with Crippen molar-refractivity contribution in [3.63, 3.8) is 0 Å². The van der Waals surface area contributed by atoms with Crippen LogP contribution in [-0.4, -0.2) is 32.7 Å². The number of fused-ring (bicyclic) bond motifs is 1. The average molecular weight is 531 g/mol. The van der Waals surface area contributed by atoms with Crippen LogP contribution >= 0.6 is 0 Å². The van der Waals surface area contributed by atoms with Gasteiger partial charge in [0.15, 0.2) is 11.4 Å². The predicted molar refractivity (Wildman–Crippen MR) is 138 cm³/mol. The number of alkyl halides is 3. The molecule has 1 N–H and O–H groups in total. The van der Waals surface area contributed by atoms with E-state index < -0.39 is 34.7 Å². The van der Waals surface area contributed by atoms with E-state index in [2.05, 4.69) is 9.97 Å². The molecule has 10 heteroatoms. The van der Waals surface area contributed by atoms with Gasteiger partial charge in [-0.3, -0.25) is 9.78 Å². The third kappa shape index (κ3) is 4.84. The molecule has 3 aromatic heterocycles. The fourth-order valence-electron chi connectivity index (χ4n) is 4.38. The van der Waals surface area contributed by atoms with Gasteiger partial charge in [0.1, 0.15) is 0 Å². The van der Waals surface area contributed by atoms with Crippen molar-refractivity contribution in [1.29, 1.82) is 0 Å². The van der Waals surface area contributed by atoms with E-state index >= 15 is 0 Å². The first-order valence-corrected chi connectivity index (χ1v) is 11.7. The van der Waals surface area contributed by atoms with E-state index in [9.17, 15) is 27.9 Å². The maximum atomic E-state index is 14.0. The molecule has 0 aliphatic rings. The summed E-state index contributed by atoms with van der Waals surface area (Å²) in [4.78, 5) is 35.0. The SMILES string of the molecule is COC(=O)c1nc(-c2cccnc2)c2c(cc(-c3cccc(C(F)(F)F)c3)c(=O)n2Cc2ccccc2)c1O. The Bertz CT molecular complexity index is 1750. The van der Waals surface area contributed by atoms with E-state index in [1.54, 1.807) is 42.5 Å². The lowest BCUT2D eigenvalue weighted by molar-refractivity contribution is -0.137. The topological polar surface area (TPSA) is 94.3 Å². The number of benzene rings is 2. The third-order valence-electron chi connectivity index (χ3n) is 6.21. The highest BCUT2D eigenvalue weighted by molar-refractivity contribution is 6.04. The lowest BCUT2D eigenvalue weighted by Gasteiger charge is -2.18. The molecule has 196 valence electrons. The fraction of sp³-hybridized carbons (Fsp3) is 0.103. The van der Waals surface area contributed by atoms with Gasteiger partial charge >= 0.3 is 12.1 Å². The number of halogens is 3. The molecular formula is C29H20F3N3O4. The van der Waals surface area contributed by atoms with Gasteiger partial charge in [-0.25, -0.2) is 9.78 Å². The number of hydrogen-bond acceptors (Lipinski definition) is 6. The minimum absolute atomic E-state index is 0.00250. The van der Waals surface area contributed by atoms with Crippen LogP contribution in [0, 0.1) is 0 Å². The Morgan fingerprint density at radius 3 is 2.41 bits per heavy atom. The molecule has 5 rings (SSSR count). The van der Waals surface area contributed by atoms with Crippen LogP contribution in [0.2, 0.25) is 0 Å². The van der Waals surface area contributed by atoms with E-state index in [0.717, 1.165) is 24.8 Å². The van der Waals surface area contributed by atoms with Crippen LogP contribution in [0.25, 0.3) is 33.3 Å². The average Bonchev–Trinajstić information content (AvgIpc) is 2.95. The van der Waals surface area contributed by atoms with Crippen molar-refractivity contribution >= 4 is 16.9 Å². The number of ether oxygens (including phenoxy) is 1. The van der Waals surface area contributed by atoms with Gasteiger partial charge in [-0.05, 0) is 41.5 Å². The van der Waals surface area contributed by atoms with Gasteiger partial charge < -0.3 is 14.4 Å². The minimum Gasteiger partial charge on any atom is -0.505 e. The molecule has 0 unspecified atom stereocenters. The molecule has 0 aliphatic carbocycles. The van der Waals surface area contributed by atoms with Crippen molar-refractivity contribution in [2.24, 2.45) is 0 Å². The van der Waals surface area contributed by atoms with Gasteiger partial charge in [0, 0.05) is 28.9 Å². The van der Waals surface area contributed by atoms with Crippen LogP contribution < -0.4 is 5.56 Å².